The Morgan fingerprint density at radius 3 is 3.00 bits per heavy atom. The number of nitrogens with zero attached hydrogens (tertiary/aromatic N) is 2. The molecule has 0 saturated heterocycles. The topological polar surface area (TPSA) is 64.5 Å². The van der Waals surface area contributed by atoms with Gasteiger partial charge in [-0.05, 0) is 47.1 Å². The first kappa shape index (κ1) is 12.7. The lowest BCUT2D eigenvalue weighted by molar-refractivity contribution is 1.17. The number of anilines is 2. The number of nitrogens with one attached hydrogen (secondary N) is 2. The van der Waals surface area contributed by atoms with Gasteiger partial charge in [-0.2, -0.15) is 5.26 Å². The second-order valence-corrected chi connectivity index (χ2v) is 5.26. The fourth-order valence-corrected chi connectivity index (χ4v) is 2.48. The van der Waals surface area contributed by atoms with E-state index >= 15 is 0 Å². The van der Waals surface area contributed by atoms with E-state index in [1.165, 1.54) is 0 Å². The molecule has 1 aromatic carbocycles. The zero-order valence-electron chi connectivity index (χ0n) is 10.7. The zero-order chi connectivity index (χ0) is 14.1. The quantitative estimate of drug-likeness (QED) is 0.739. The van der Waals surface area contributed by atoms with Crippen LogP contribution < -0.4 is 5.32 Å². The molecule has 2 N–H and O–H groups in total. The molecule has 0 aliphatic heterocycles. The predicted molar refractivity (Wildman–Crippen MR) is 83.0 cm³/mol. The maximum Gasteiger partial charge on any atom is 0.103 e. The van der Waals surface area contributed by atoms with Crippen LogP contribution in [-0.4, -0.2) is 9.97 Å². The fraction of sp³-hybridized carbons (Fsp3) is 0.0667. The summed E-state index contributed by atoms with van der Waals surface area (Å²) < 4.78 is 0.811. The van der Waals surface area contributed by atoms with Gasteiger partial charge in [0.25, 0.3) is 0 Å². The van der Waals surface area contributed by atoms with E-state index in [0.717, 1.165) is 32.4 Å². The van der Waals surface area contributed by atoms with Gasteiger partial charge in [0.15, 0.2) is 0 Å². The number of pyridine rings is 1. The molecule has 0 bridgehead atoms. The van der Waals surface area contributed by atoms with E-state index in [-0.39, 0.29) is 0 Å². The summed E-state index contributed by atoms with van der Waals surface area (Å²) in [5, 5.41) is 13.6. The lowest BCUT2D eigenvalue weighted by Crippen LogP contribution is -1.98. The van der Waals surface area contributed by atoms with Crippen molar-refractivity contribution in [3.8, 4) is 6.07 Å². The lowest BCUT2D eigenvalue weighted by atomic mass is 10.2. The van der Waals surface area contributed by atoms with Crippen molar-refractivity contribution in [2.75, 3.05) is 5.32 Å². The highest BCUT2D eigenvalue weighted by Gasteiger charge is 2.11. The average Bonchev–Trinajstić information content (AvgIpc) is 2.92. The van der Waals surface area contributed by atoms with Crippen molar-refractivity contribution in [1.29, 1.82) is 5.26 Å². The number of benzene rings is 1. The summed E-state index contributed by atoms with van der Waals surface area (Å²) >= 11 is 3.49. The van der Waals surface area contributed by atoms with Gasteiger partial charge in [-0.3, -0.25) is 4.98 Å². The standard InChI is InChI=1S/C15H11BrN4/c1-9-14(16)15(11(7-17)8-19-9)20-12-2-3-13-10(6-12)4-5-18-13/h2-6,8,18H,1H3,(H,19,20). The normalized spacial score (nSPS) is 10.4. The van der Waals surface area contributed by atoms with Crippen molar-refractivity contribution in [2.45, 2.75) is 6.92 Å². The van der Waals surface area contributed by atoms with Crippen LogP contribution in [0.2, 0.25) is 0 Å². The maximum atomic E-state index is 9.19. The van der Waals surface area contributed by atoms with Gasteiger partial charge in [0.1, 0.15) is 6.07 Å². The molecule has 0 fully saturated rings. The van der Waals surface area contributed by atoms with Crippen molar-refractivity contribution in [1.82, 2.24) is 9.97 Å². The molecular formula is C15H11BrN4. The number of H-pyrrole nitrogens is 1. The van der Waals surface area contributed by atoms with E-state index in [1.54, 1.807) is 6.20 Å². The summed E-state index contributed by atoms with van der Waals surface area (Å²) in [6, 6.07) is 10.2. The van der Waals surface area contributed by atoms with Gasteiger partial charge < -0.3 is 10.3 Å². The van der Waals surface area contributed by atoms with Gasteiger partial charge in [-0.15, -0.1) is 0 Å². The Hall–Kier alpha value is -2.32. The second kappa shape index (κ2) is 4.99. The summed E-state index contributed by atoms with van der Waals surface area (Å²) in [4.78, 5) is 7.33. The largest absolute Gasteiger partial charge is 0.361 e. The van der Waals surface area contributed by atoms with Crippen LogP contribution in [0.4, 0.5) is 11.4 Å². The molecule has 2 heterocycles. The van der Waals surface area contributed by atoms with E-state index in [9.17, 15) is 5.26 Å². The second-order valence-electron chi connectivity index (χ2n) is 4.46. The Labute approximate surface area is 124 Å². The number of aryl methyl sites for hydroxylation is 1. The number of aromatic amines is 1. The molecule has 0 saturated carbocycles. The van der Waals surface area contributed by atoms with Crippen molar-refractivity contribution in [3.63, 3.8) is 0 Å². The van der Waals surface area contributed by atoms with Crippen molar-refractivity contribution in [3.05, 3.63) is 52.4 Å². The first-order valence-electron chi connectivity index (χ1n) is 6.08. The average molecular weight is 327 g/mol. The molecule has 0 spiro atoms. The maximum absolute atomic E-state index is 9.19. The third kappa shape index (κ3) is 2.15. The summed E-state index contributed by atoms with van der Waals surface area (Å²) in [6.07, 6.45) is 3.49. The summed E-state index contributed by atoms with van der Waals surface area (Å²) in [6.45, 7) is 1.89. The third-order valence-corrected chi connectivity index (χ3v) is 4.11. The van der Waals surface area contributed by atoms with Crippen LogP contribution in [0.3, 0.4) is 0 Å². The Balaban J connectivity index is 2.06. The minimum absolute atomic E-state index is 0.511. The number of nitriles is 1. The van der Waals surface area contributed by atoms with Gasteiger partial charge >= 0.3 is 0 Å². The number of aromatic nitrogens is 2. The van der Waals surface area contributed by atoms with Gasteiger partial charge in [-0.25, -0.2) is 0 Å². The van der Waals surface area contributed by atoms with Gasteiger partial charge in [0.05, 0.1) is 21.4 Å². The third-order valence-electron chi connectivity index (χ3n) is 3.14. The minimum atomic E-state index is 0.511. The molecule has 0 aliphatic carbocycles. The van der Waals surface area contributed by atoms with Gasteiger partial charge in [0.2, 0.25) is 0 Å². The van der Waals surface area contributed by atoms with Crippen LogP contribution in [0, 0.1) is 18.3 Å². The van der Waals surface area contributed by atoms with E-state index in [4.69, 9.17) is 0 Å². The molecule has 98 valence electrons. The molecule has 3 aromatic rings. The molecule has 5 heteroatoms. The van der Waals surface area contributed by atoms with Crippen LogP contribution in [0.1, 0.15) is 11.3 Å². The predicted octanol–water partition coefficient (Wildman–Crippen LogP) is 4.25. The van der Waals surface area contributed by atoms with Crippen molar-refractivity contribution >= 4 is 38.2 Å². The van der Waals surface area contributed by atoms with E-state index in [0.29, 0.717) is 5.56 Å². The van der Waals surface area contributed by atoms with E-state index < -0.39 is 0 Å². The molecule has 0 unspecified atom stereocenters. The smallest absolute Gasteiger partial charge is 0.103 e. The Kier molecular flexibility index (Phi) is 3.17. The van der Waals surface area contributed by atoms with Crippen LogP contribution in [-0.2, 0) is 0 Å². The molecule has 0 atom stereocenters. The fourth-order valence-electron chi connectivity index (χ4n) is 2.06. The number of hydrogen-bond acceptors (Lipinski definition) is 3. The number of halogens is 1. The Morgan fingerprint density at radius 1 is 1.35 bits per heavy atom. The SMILES string of the molecule is Cc1ncc(C#N)c(Nc2ccc3[nH]ccc3c2)c1Br. The highest BCUT2D eigenvalue weighted by molar-refractivity contribution is 9.10. The van der Waals surface area contributed by atoms with Gasteiger partial charge in [-0.1, -0.05) is 0 Å². The Morgan fingerprint density at radius 2 is 2.20 bits per heavy atom. The number of rotatable bonds is 2. The highest BCUT2D eigenvalue weighted by atomic mass is 79.9. The molecule has 2 aromatic heterocycles. The molecule has 20 heavy (non-hydrogen) atoms. The highest BCUT2D eigenvalue weighted by Crippen LogP contribution is 2.31. The van der Waals surface area contributed by atoms with E-state index in [1.807, 2.05) is 37.4 Å². The molecule has 0 radical (unpaired) electrons. The number of fused-ring (bicyclic) bond motifs is 1. The first-order chi connectivity index (χ1) is 9.69. The van der Waals surface area contributed by atoms with Crippen molar-refractivity contribution in [2.24, 2.45) is 0 Å². The van der Waals surface area contributed by atoms with Crippen LogP contribution in [0.5, 0.6) is 0 Å². The summed E-state index contributed by atoms with van der Waals surface area (Å²) in [5.41, 5.74) is 4.11. The van der Waals surface area contributed by atoms with Gasteiger partial charge in [0, 0.05) is 29.0 Å². The monoisotopic (exact) mass is 326 g/mol. The van der Waals surface area contributed by atoms with Crippen LogP contribution in [0.15, 0.2) is 41.1 Å². The first-order valence-corrected chi connectivity index (χ1v) is 6.87. The lowest BCUT2D eigenvalue weighted by Gasteiger charge is -2.11. The zero-order valence-corrected chi connectivity index (χ0v) is 12.3. The summed E-state index contributed by atoms with van der Waals surface area (Å²) in [7, 11) is 0. The minimum Gasteiger partial charge on any atom is -0.361 e. The van der Waals surface area contributed by atoms with E-state index in [2.05, 4.69) is 37.3 Å². The summed E-state index contributed by atoms with van der Waals surface area (Å²) in [5.74, 6) is 0. The van der Waals surface area contributed by atoms with Crippen LogP contribution >= 0.6 is 15.9 Å². The molecule has 0 amide bonds. The molecule has 3 rings (SSSR count). The molecular weight excluding hydrogens is 316 g/mol. The van der Waals surface area contributed by atoms with Crippen molar-refractivity contribution < 1.29 is 0 Å². The number of hydrogen-bond donors (Lipinski definition) is 2. The molecule has 4 nitrogen and oxygen atoms in total. The Bertz CT molecular complexity index is 829. The van der Waals surface area contributed by atoms with Crippen LogP contribution in [0.25, 0.3) is 10.9 Å². The molecule has 0 aliphatic rings.